The molecule has 1 unspecified atom stereocenters. The molecule has 0 saturated heterocycles. The molecule has 0 saturated carbocycles. The van der Waals surface area contributed by atoms with Crippen molar-refractivity contribution >= 4 is 11.6 Å². The van der Waals surface area contributed by atoms with Crippen molar-refractivity contribution in [2.75, 3.05) is 11.9 Å². The molecule has 3 nitrogen and oxygen atoms in total. The van der Waals surface area contributed by atoms with E-state index >= 15 is 0 Å². The van der Waals surface area contributed by atoms with Gasteiger partial charge in [-0.05, 0) is 38.0 Å². The molecule has 18 heavy (non-hydrogen) atoms. The Kier molecular flexibility index (Phi) is 5.62. The molecule has 0 spiro atoms. The van der Waals surface area contributed by atoms with Crippen LogP contribution in [0.3, 0.4) is 0 Å². The monoisotopic (exact) mass is 252 g/mol. The number of carbonyl (C=O) groups excluding carboxylic acids is 1. The van der Waals surface area contributed by atoms with Crippen molar-refractivity contribution in [3.05, 3.63) is 29.6 Å². The molecule has 0 aliphatic carbocycles. The number of hydrogen-bond acceptors (Lipinski definition) is 2. The second kappa shape index (κ2) is 6.99. The van der Waals surface area contributed by atoms with Crippen LogP contribution >= 0.6 is 0 Å². The lowest BCUT2D eigenvalue weighted by Crippen LogP contribution is -2.38. The molecular weight excluding hydrogens is 231 g/mol. The molecule has 0 radical (unpaired) electrons. The first-order valence-electron chi connectivity index (χ1n) is 6.35. The van der Waals surface area contributed by atoms with E-state index in [4.69, 9.17) is 0 Å². The minimum absolute atomic E-state index is 0.0629. The van der Waals surface area contributed by atoms with E-state index in [-0.39, 0.29) is 17.8 Å². The van der Waals surface area contributed by atoms with Crippen molar-refractivity contribution in [1.82, 2.24) is 5.32 Å². The van der Waals surface area contributed by atoms with Crippen LogP contribution in [0.15, 0.2) is 18.2 Å². The molecule has 0 fully saturated rings. The highest BCUT2D eigenvalue weighted by molar-refractivity contribution is 5.84. The van der Waals surface area contributed by atoms with Gasteiger partial charge in [0.05, 0.1) is 0 Å². The fraction of sp³-hybridized carbons (Fsp3) is 0.500. The van der Waals surface area contributed by atoms with Crippen LogP contribution in [0.25, 0.3) is 0 Å². The first-order chi connectivity index (χ1) is 8.54. The summed E-state index contributed by atoms with van der Waals surface area (Å²) in [5, 5.41) is 5.87. The molecule has 1 amide bonds. The normalized spacial score (nSPS) is 12.0. The summed E-state index contributed by atoms with van der Waals surface area (Å²) >= 11 is 0. The van der Waals surface area contributed by atoms with Crippen LogP contribution in [-0.2, 0) is 4.79 Å². The van der Waals surface area contributed by atoms with Gasteiger partial charge in [0.15, 0.2) is 0 Å². The summed E-state index contributed by atoms with van der Waals surface area (Å²) in [5.41, 5.74) is 1.58. The summed E-state index contributed by atoms with van der Waals surface area (Å²) in [6.07, 6.45) is 2.02. The van der Waals surface area contributed by atoms with Gasteiger partial charge >= 0.3 is 0 Å². The van der Waals surface area contributed by atoms with Gasteiger partial charge in [-0.3, -0.25) is 4.79 Å². The van der Waals surface area contributed by atoms with Gasteiger partial charge in [-0.15, -0.1) is 0 Å². The van der Waals surface area contributed by atoms with Gasteiger partial charge < -0.3 is 10.6 Å². The largest absolute Gasteiger partial charge is 0.374 e. The van der Waals surface area contributed by atoms with E-state index < -0.39 is 0 Å². The average molecular weight is 252 g/mol. The number of hydrogen-bond donors (Lipinski definition) is 2. The Morgan fingerprint density at radius 1 is 1.44 bits per heavy atom. The number of amides is 1. The summed E-state index contributed by atoms with van der Waals surface area (Å²) in [5.74, 6) is -0.367. The van der Waals surface area contributed by atoms with E-state index in [1.165, 1.54) is 12.1 Å². The molecule has 0 bridgehead atoms. The van der Waals surface area contributed by atoms with E-state index in [1.807, 2.05) is 6.92 Å². The molecule has 100 valence electrons. The van der Waals surface area contributed by atoms with Crippen LogP contribution < -0.4 is 10.6 Å². The number of carbonyl (C=O) groups is 1. The summed E-state index contributed by atoms with van der Waals surface area (Å²) < 4.78 is 13.1. The van der Waals surface area contributed by atoms with E-state index in [1.54, 1.807) is 13.0 Å². The third-order valence-electron chi connectivity index (χ3n) is 2.79. The zero-order valence-corrected chi connectivity index (χ0v) is 11.2. The zero-order valence-electron chi connectivity index (χ0n) is 11.2. The number of benzene rings is 1. The summed E-state index contributed by atoms with van der Waals surface area (Å²) in [6.45, 7) is 6.41. The van der Waals surface area contributed by atoms with Gasteiger partial charge in [0, 0.05) is 12.2 Å². The van der Waals surface area contributed by atoms with Crippen molar-refractivity contribution in [2.45, 2.75) is 39.7 Å². The minimum atomic E-state index is -0.373. The van der Waals surface area contributed by atoms with Crippen molar-refractivity contribution in [3.63, 3.8) is 0 Å². The Hall–Kier alpha value is -1.58. The molecule has 0 aromatic heterocycles. The second-order valence-electron chi connectivity index (χ2n) is 4.47. The molecule has 0 aliphatic rings. The second-order valence-corrected chi connectivity index (χ2v) is 4.47. The fourth-order valence-corrected chi connectivity index (χ4v) is 1.59. The Morgan fingerprint density at radius 2 is 2.17 bits per heavy atom. The smallest absolute Gasteiger partial charge is 0.242 e. The summed E-state index contributed by atoms with van der Waals surface area (Å²) in [4.78, 5) is 11.8. The number of unbranched alkanes of at least 4 members (excludes halogenated alkanes) is 1. The molecule has 0 heterocycles. The number of halogens is 1. The molecular formula is C14H21FN2O. The van der Waals surface area contributed by atoms with Gasteiger partial charge in [0.1, 0.15) is 11.9 Å². The van der Waals surface area contributed by atoms with Crippen LogP contribution in [0, 0.1) is 12.7 Å². The summed E-state index contributed by atoms with van der Waals surface area (Å²) in [7, 11) is 0. The maximum Gasteiger partial charge on any atom is 0.242 e. The van der Waals surface area contributed by atoms with Crippen molar-refractivity contribution < 1.29 is 9.18 Å². The highest BCUT2D eigenvalue weighted by Crippen LogP contribution is 2.16. The van der Waals surface area contributed by atoms with Gasteiger partial charge in [-0.1, -0.05) is 19.4 Å². The lowest BCUT2D eigenvalue weighted by atomic mass is 10.1. The number of anilines is 1. The predicted octanol–water partition coefficient (Wildman–Crippen LogP) is 2.85. The number of rotatable bonds is 6. The molecule has 0 aliphatic heterocycles. The first kappa shape index (κ1) is 14.5. The predicted molar refractivity (Wildman–Crippen MR) is 72.1 cm³/mol. The van der Waals surface area contributed by atoms with E-state index in [0.717, 1.165) is 18.4 Å². The van der Waals surface area contributed by atoms with Crippen molar-refractivity contribution in [1.29, 1.82) is 0 Å². The third kappa shape index (κ3) is 4.35. The Labute approximate surface area is 108 Å². The first-order valence-corrected chi connectivity index (χ1v) is 6.35. The molecule has 1 aromatic rings. The topological polar surface area (TPSA) is 41.1 Å². The minimum Gasteiger partial charge on any atom is -0.374 e. The highest BCUT2D eigenvalue weighted by atomic mass is 19.1. The Morgan fingerprint density at radius 3 is 2.83 bits per heavy atom. The number of aryl methyl sites for hydroxylation is 1. The molecule has 2 N–H and O–H groups in total. The van der Waals surface area contributed by atoms with E-state index in [2.05, 4.69) is 17.6 Å². The Bertz CT molecular complexity index is 407. The van der Waals surface area contributed by atoms with Crippen LogP contribution in [0.4, 0.5) is 10.1 Å². The van der Waals surface area contributed by atoms with Crippen LogP contribution in [-0.4, -0.2) is 18.5 Å². The number of nitrogens with one attached hydrogen (secondary N) is 2. The van der Waals surface area contributed by atoms with E-state index in [9.17, 15) is 9.18 Å². The maximum absolute atomic E-state index is 13.1. The van der Waals surface area contributed by atoms with Gasteiger partial charge in [0.2, 0.25) is 5.91 Å². The van der Waals surface area contributed by atoms with Crippen LogP contribution in [0.1, 0.15) is 32.3 Å². The lowest BCUT2D eigenvalue weighted by molar-refractivity contribution is -0.121. The van der Waals surface area contributed by atoms with Crippen molar-refractivity contribution in [3.8, 4) is 0 Å². The Balaban J connectivity index is 2.55. The lowest BCUT2D eigenvalue weighted by Gasteiger charge is -2.16. The highest BCUT2D eigenvalue weighted by Gasteiger charge is 2.12. The summed E-state index contributed by atoms with van der Waals surface area (Å²) in [6, 6.07) is 4.14. The average Bonchev–Trinajstić information content (AvgIpc) is 2.34. The van der Waals surface area contributed by atoms with Gasteiger partial charge in [-0.25, -0.2) is 4.39 Å². The maximum atomic E-state index is 13.1. The SMILES string of the molecule is CCCCNC(=O)C(C)Nc1cc(F)ccc1C. The third-order valence-corrected chi connectivity index (χ3v) is 2.79. The molecule has 1 rings (SSSR count). The van der Waals surface area contributed by atoms with Gasteiger partial charge in [-0.2, -0.15) is 0 Å². The van der Waals surface area contributed by atoms with Gasteiger partial charge in [0.25, 0.3) is 0 Å². The fourth-order valence-electron chi connectivity index (χ4n) is 1.59. The van der Waals surface area contributed by atoms with Crippen LogP contribution in [0.2, 0.25) is 0 Å². The molecule has 1 aromatic carbocycles. The van der Waals surface area contributed by atoms with Crippen molar-refractivity contribution in [2.24, 2.45) is 0 Å². The molecule has 1 atom stereocenters. The van der Waals surface area contributed by atoms with Crippen LogP contribution in [0.5, 0.6) is 0 Å². The standard InChI is InChI=1S/C14H21FN2O/c1-4-5-8-16-14(18)11(3)17-13-9-12(15)7-6-10(13)2/h6-7,9,11,17H,4-5,8H2,1-3H3,(H,16,18). The van der Waals surface area contributed by atoms with E-state index in [0.29, 0.717) is 12.2 Å². The quantitative estimate of drug-likeness (QED) is 0.764. The zero-order chi connectivity index (χ0) is 13.5. The molecule has 4 heteroatoms.